The van der Waals surface area contributed by atoms with Crippen molar-refractivity contribution in [2.45, 2.75) is 40.7 Å². The highest BCUT2D eigenvalue weighted by atomic mass is 35.5. The van der Waals surface area contributed by atoms with E-state index in [4.69, 9.17) is 11.6 Å². The van der Waals surface area contributed by atoms with Gasteiger partial charge in [0.15, 0.2) is 0 Å². The molecule has 0 fully saturated rings. The van der Waals surface area contributed by atoms with E-state index < -0.39 is 5.41 Å². The molecule has 0 aliphatic heterocycles. The number of anilines is 1. The number of carbonyl (C=O) groups is 2. The molecule has 0 bridgehead atoms. The first-order chi connectivity index (χ1) is 15.1. The zero-order valence-electron chi connectivity index (χ0n) is 18.7. The zero-order chi connectivity index (χ0) is 23.5. The van der Waals surface area contributed by atoms with E-state index in [0.29, 0.717) is 39.5 Å². The molecular weight excluding hydrogens is 428 g/mol. The molecular formula is C24H27ClN4O3. The fourth-order valence-corrected chi connectivity index (χ4v) is 3.34. The van der Waals surface area contributed by atoms with Gasteiger partial charge in [0.2, 0.25) is 5.91 Å². The van der Waals surface area contributed by atoms with Crippen LogP contribution < -0.4 is 10.9 Å². The van der Waals surface area contributed by atoms with Crippen LogP contribution in [-0.4, -0.2) is 33.2 Å². The predicted molar refractivity (Wildman–Crippen MR) is 127 cm³/mol. The average Bonchev–Trinajstić information content (AvgIpc) is 2.72. The SMILES string of the molecule is CCCN(Cc1nc2cc(Cl)ccc2c(=O)[nH]1)C(=O)c1cccc(NC(=O)C(C)(C)C)c1. The molecule has 0 radical (unpaired) electrons. The van der Waals surface area contributed by atoms with Crippen LogP contribution in [0.15, 0.2) is 47.3 Å². The van der Waals surface area contributed by atoms with E-state index >= 15 is 0 Å². The highest BCUT2D eigenvalue weighted by Crippen LogP contribution is 2.20. The number of aromatic amines is 1. The van der Waals surface area contributed by atoms with Gasteiger partial charge in [-0.2, -0.15) is 0 Å². The number of nitrogens with zero attached hydrogens (tertiary/aromatic N) is 2. The van der Waals surface area contributed by atoms with Crippen molar-refractivity contribution in [3.63, 3.8) is 0 Å². The molecule has 1 aromatic heterocycles. The van der Waals surface area contributed by atoms with E-state index in [2.05, 4.69) is 15.3 Å². The molecule has 3 rings (SSSR count). The number of halogens is 1. The van der Waals surface area contributed by atoms with E-state index in [1.807, 2.05) is 27.7 Å². The summed E-state index contributed by atoms with van der Waals surface area (Å²) in [5.74, 6) is 0.0282. The van der Waals surface area contributed by atoms with Crippen molar-refractivity contribution in [1.29, 1.82) is 0 Å². The lowest BCUT2D eigenvalue weighted by Gasteiger charge is -2.22. The highest BCUT2D eigenvalue weighted by Gasteiger charge is 2.22. The van der Waals surface area contributed by atoms with Crippen LogP contribution in [0, 0.1) is 5.41 Å². The topological polar surface area (TPSA) is 95.2 Å². The van der Waals surface area contributed by atoms with Crippen LogP contribution in [0.3, 0.4) is 0 Å². The molecule has 7 nitrogen and oxygen atoms in total. The van der Waals surface area contributed by atoms with Crippen molar-refractivity contribution in [2.75, 3.05) is 11.9 Å². The van der Waals surface area contributed by atoms with Crippen LogP contribution in [-0.2, 0) is 11.3 Å². The summed E-state index contributed by atoms with van der Waals surface area (Å²) in [5, 5.41) is 3.77. The van der Waals surface area contributed by atoms with Crippen LogP contribution in [0.1, 0.15) is 50.3 Å². The van der Waals surface area contributed by atoms with Gasteiger partial charge in [-0.1, -0.05) is 45.4 Å². The number of benzene rings is 2. The predicted octanol–water partition coefficient (Wildman–Crippen LogP) is 4.61. The number of H-pyrrole nitrogens is 1. The van der Waals surface area contributed by atoms with Gasteiger partial charge in [-0.05, 0) is 42.8 Å². The fraction of sp³-hybridized carbons (Fsp3) is 0.333. The van der Waals surface area contributed by atoms with Crippen LogP contribution >= 0.6 is 11.6 Å². The lowest BCUT2D eigenvalue weighted by molar-refractivity contribution is -0.123. The molecule has 0 unspecified atom stereocenters. The molecule has 2 aromatic carbocycles. The van der Waals surface area contributed by atoms with Crippen molar-refractivity contribution >= 4 is 40.0 Å². The number of nitrogens with one attached hydrogen (secondary N) is 2. The molecule has 0 saturated heterocycles. The summed E-state index contributed by atoms with van der Waals surface area (Å²) in [6.07, 6.45) is 0.732. The number of hydrogen-bond donors (Lipinski definition) is 2. The van der Waals surface area contributed by atoms with E-state index in [-0.39, 0.29) is 23.9 Å². The lowest BCUT2D eigenvalue weighted by atomic mass is 9.95. The number of carbonyl (C=O) groups excluding carboxylic acids is 2. The Morgan fingerprint density at radius 3 is 2.59 bits per heavy atom. The second-order valence-electron chi connectivity index (χ2n) is 8.69. The minimum atomic E-state index is -0.551. The number of hydrogen-bond acceptors (Lipinski definition) is 4. The first kappa shape index (κ1) is 23.5. The van der Waals surface area contributed by atoms with Gasteiger partial charge in [-0.15, -0.1) is 0 Å². The smallest absolute Gasteiger partial charge is 0.258 e. The van der Waals surface area contributed by atoms with Gasteiger partial charge in [0.25, 0.3) is 11.5 Å². The summed E-state index contributed by atoms with van der Waals surface area (Å²) < 4.78 is 0. The summed E-state index contributed by atoms with van der Waals surface area (Å²) in [4.78, 5) is 46.9. The highest BCUT2D eigenvalue weighted by molar-refractivity contribution is 6.31. The van der Waals surface area contributed by atoms with Crippen molar-refractivity contribution in [3.05, 3.63) is 69.2 Å². The lowest BCUT2D eigenvalue weighted by Crippen LogP contribution is -2.33. The molecule has 0 aliphatic carbocycles. The van der Waals surface area contributed by atoms with Crippen LogP contribution in [0.4, 0.5) is 5.69 Å². The van der Waals surface area contributed by atoms with Gasteiger partial charge in [0, 0.05) is 28.2 Å². The van der Waals surface area contributed by atoms with Gasteiger partial charge in [0.05, 0.1) is 17.4 Å². The second-order valence-corrected chi connectivity index (χ2v) is 9.12. The Kier molecular flexibility index (Phi) is 6.99. The molecule has 0 saturated carbocycles. The monoisotopic (exact) mass is 454 g/mol. The summed E-state index contributed by atoms with van der Waals surface area (Å²) in [6, 6.07) is 11.7. The molecule has 2 amide bonds. The fourth-order valence-electron chi connectivity index (χ4n) is 3.17. The minimum absolute atomic E-state index is 0.135. The number of fused-ring (bicyclic) bond motifs is 1. The van der Waals surface area contributed by atoms with Crippen molar-refractivity contribution in [2.24, 2.45) is 5.41 Å². The quantitative estimate of drug-likeness (QED) is 0.568. The Balaban J connectivity index is 1.87. The van der Waals surface area contributed by atoms with Gasteiger partial charge in [-0.3, -0.25) is 14.4 Å². The normalized spacial score (nSPS) is 11.4. The largest absolute Gasteiger partial charge is 0.331 e. The third kappa shape index (κ3) is 5.53. The van der Waals surface area contributed by atoms with Crippen molar-refractivity contribution in [1.82, 2.24) is 14.9 Å². The maximum absolute atomic E-state index is 13.2. The summed E-state index contributed by atoms with van der Waals surface area (Å²) >= 11 is 6.04. The van der Waals surface area contributed by atoms with Gasteiger partial charge in [0.1, 0.15) is 5.82 Å². The Morgan fingerprint density at radius 2 is 1.91 bits per heavy atom. The molecule has 168 valence electrons. The van der Waals surface area contributed by atoms with Crippen molar-refractivity contribution in [3.8, 4) is 0 Å². The maximum Gasteiger partial charge on any atom is 0.258 e. The van der Waals surface area contributed by atoms with Crippen molar-refractivity contribution < 1.29 is 9.59 Å². The van der Waals surface area contributed by atoms with E-state index in [1.54, 1.807) is 47.4 Å². The van der Waals surface area contributed by atoms with Crippen LogP contribution in [0.5, 0.6) is 0 Å². The Hall–Kier alpha value is -3.19. The third-order valence-corrected chi connectivity index (χ3v) is 5.12. The zero-order valence-corrected chi connectivity index (χ0v) is 19.4. The van der Waals surface area contributed by atoms with Gasteiger partial charge >= 0.3 is 0 Å². The van der Waals surface area contributed by atoms with E-state index in [0.717, 1.165) is 6.42 Å². The van der Waals surface area contributed by atoms with E-state index in [1.165, 1.54) is 0 Å². The van der Waals surface area contributed by atoms with Gasteiger partial charge < -0.3 is 15.2 Å². The molecule has 1 heterocycles. The summed E-state index contributed by atoms with van der Waals surface area (Å²) in [6.45, 7) is 8.06. The van der Waals surface area contributed by atoms with Crippen LogP contribution in [0.2, 0.25) is 5.02 Å². The standard InChI is InChI=1S/C24H27ClN4O3/c1-5-11-29(14-20-27-19-13-16(25)9-10-18(19)21(30)28-20)22(31)15-7-6-8-17(12-15)26-23(32)24(2,3)4/h6-10,12-13H,5,11,14H2,1-4H3,(H,26,32)(H,27,28,30). The molecule has 2 N–H and O–H groups in total. The molecule has 0 aliphatic rings. The summed E-state index contributed by atoms with van der Waals surface area (Å²) in [7, 11) is 0. The number of aromatic nitrogens is 2. The Labute approximate surface area is 191 Å². The molecule has 3 aromatic rings. The molecule has 8 heteroatoms. The molecule has 0 atom stereocenters. The third-order valence-electron chi connectivity index (χ3n) is 4.89. The molecule has 32 heavy (non-hydrogen) atoms. The first-order valence-electron chi connectivity index (χ1n) is 10.5. The second kappa shape index (κ2) is 9.53. The average molecular weight is 455 g/mol. The summed E-state index contributed by atoms with van der Waals surface area (Å²) in [5.41, 5.74) is 0.644. The number of amides is 2. The van der Waals surface area contributed by atoms with E-state index in [9.17, 15) is 14.4 Å². The van der Waals surface area contributed by atoms with Crippen LogP contribution in [0.25, 0.3) is 10.9 Å². The Morgan fingerprint density at radius 1 is 1.16 bits per heavy atom. The molecule has 0 spiro atoms. The maximum atomic E-state index is 13.2. The first-order valence-corrected chi connectivity index (χ1v) is 10.9. The van der Waals surface area contributed by atoms with Gasteiger partial charge in [-0.25, -0.2) is 4.98 Å². The Bertz CT molecular complexity index is 1210. The number of rotatable bonds is 6. The minimum Gasteiger partial charge on any atom is -0.331 e.